The van der Waals surface area contributed by atoms with Gasteiger partial charge in [-0.25, -0.2) is 0 Å². The van der Waals surface area contributed by atoms with Crippen molar-refractivity contribution in [3.05, 3.63) is 35.9 Å². The van der Waals surface area contributed by atoms with Crippen LogP contribution in [-0.2, 0) is 6.54 Å². The fourth-order valence-corrected chi connectivity index (χ4v) is 3.86. The smallest absolute Gasteiger partial charge is 0.0234 e. The van der Waals surface area contributed by atoms with Gasteiger partial charge in [-0.05, 0) is 24.3 Å². The summed E-state index contributed by atoms with van der Waals surface area (Å²) in [7, 11) is 0. The van der Waals surface area contributed by atoms with E-state index < -0.39 is 0 Å². The van der Waals surface area contributed by atoms with Crippen LogP contribution in [0, 0.1) is 5.92 Å². The maximum atomic E-state index is 2.76. The molecule has 1 aliphatic carbocycles. The third-order valence-corrected chi connectivity index (χ3v) is 5.08. The Balaban J connectivity index is 1.47. The van der Waals surface area contributed by atoms with Gasteiger partial charge in [-0.2, -0.15) is 0 Å². The van der Waals surface area contributed by atoms with Gasteiger partial charge in [0.1, 0.15) is 0 Å². The fourth-order valence-electron chi connectivity index (χ4n) is 3.86. The Bertz CT molecular complexity index is 395. The normalized spacial score (nSPS) is 29.4. The van der Waals surface area contributed by atoms with Crippen molar-refractivity contribution in [1.29, 1.82) is 0 Å². The van der Waals surface area contributed by atoms with Crippen molar-refractivity contribution in [2.24, 2.45) is 5.92 Å². The van der Waals surface area contributed by atoms with Gasteiger partial charge in [0.2, 0.25) is 0 Å². The summed E-state index contributed by atoms with van der Waals surface area (Å²) in [6.07, 6.45) is 5.75. The molecule has 2 nitrogen and oxygen atoms in total. The van der Waals surface area contributed by atoms with Crippen molar-refractivity contribution in [1.82, 2.24) is 9.80 Å². The predicted molar refractivity (Wildman–Crippen MR) is 84.7 cm³/mol. The summed E-state index contributed by atoms with van der Waals surface area (Å²) in [6, 6.07) is 11.8. The van der Waals surface area contributed by atoms with Gasteiger partial charge in [-0.1, -0.05) is 50.1 Å². The summed E-state index contributed by atoms with van der Waals surface area (Å²) >= 11 is 0. The molecule has 110 valence electrons. The van der Waals surface area contributed by atoms with Crippen LogP contribution in [0.25, 0.3) is 0 Å². The van der Waals surface area contributed by atoms with Crippen LogP contribution in [0.2, 0.25) is 0 Å². The standard InChI is InChI=1S/C18H28N2/c1-16-6-5-9-18(14-16)20-12-10-19(11-13-20)15-17-7-3-2-4-8-17/h2-4,7-8,16,18H,5-6,9-15H2,1H3/t16-,18+/m0/s1. The summed E-state index contributed by atoms with van der Waals surface area (Å²) in [5, 5.41) is 0. The molecule has 3 rings (SSSR count). The second-order valence-corrected chi connectivity index (χ2v) is 6.72. The van der Waals surface area contributed by atoms with Crippen LogP contribution in [0.4, 0.5) is 0 Å². The van der Waals surface area contributed by atoms with E-state index in [9.17, 15) is 0 Å². The molecule has 1 aromatic rings. The van der Waals surface area contributed by atoms with E-state index in [0.717, 1.165) is 18.5 Å². The van der Waals surface area contributed by atoms with Crippen LogP contribution in [0.1, 0.15) is 38.2 Å². The van der Waals surface area contributed by atoms with Crippen molar-refractivity contribution >= 4 is 0 Å². The maximum Gasteiger partial charge on any atom is 0.0234 e. The molecule has 0 aromatic heterocycles. The van der Waals surface area contributed by atoms with Crippen LogP contribution in [-0.4, -0.2) is 42.0 Å². The first-order valence-electron chi connectivity index (χ1n) is 8.31. The molecule has 0 N–H and O–H groups in total. The molecule has 2 aliphatic rings. The van der Waals surface area contributed by atoms with Crippen LogP contribution in [0.3, 0.4) is 0 Å². The fraction of sp³-hybridized carbons (Fsp3) is 0.667. The van der Waals surface area contributed by atoms with Gasteiger partial charge < -0.3 is 0 Å². The molecule has 0 spiro atoms. The molecule has 1 saturated carbocycles. The van der Waals surface area contributed by atoms with Gasteiger partial charge in [-0.15, -0.1) is 0 Å². The highest BCUT2D eigenvalue weighted by Gasteiger charge is 2.27. The predicted octanol–water partition coefficient (Wildman–Crippen LogP) is 3.38. The zero-order valence-corrected chi connectivity index (χ0v) is 12.8. The molecule has 0 unspecified atom stereocenters. The zero-order chi connectivity index (χ0) is 13.8. The topological polar surface area (TPSA) is 6.48 Å². The van der Waals surface area contributed by atoms with E-state index in [4.69, 9.17) is 0 Å². The van der Waals surface area contributed by atoms with E-state index >= 15 is 0 Å². The van der Waals surface area contributed by atoms with Crippen molar-refractivity contribution in [2.45, 2.75) is 45.2 Å². The average molecular weight is 272 g/mol. The molecule has 2 heteroatoms. The molecule has 1 aromatic carbocycles. The zero-order valence-electron chi connectivity index (χ0n) is 12.8. The first kappa shape index (κ1) is 14.1. The van der Waals surface area contributed by atoms with Crippen molar-refractivity contribution in [2.75, 3.05) is 26.2 Å². The quantitative estimate of drug-likeness (QED) is 0.832. The Hall–Kier alpha value is -0.860. The van der Waals surface area contributed by atoms with Gasteiger partial charge in [0, 0.05) is 38.8 Å². The second kappa shape index (κ2) is 6.73. The highest BCUT2D eigenvalue weighted by Crippen LogP contribution is 2.28. The number of nitrogens with zero attached hydrogens (tertiary/aromatic N) is 2. The third-order valence-electron chi connectivity index (χ3n) is 5.08. The van der Waals surface area contributed by atoms with Gasteiger partial charge in [0.25, 0.3) is 0 Å². The van der Waals surface area contributed by atoms with Crippen molar-refractivity contribution < 1.29 is 0 Å². The monoisotopic (exact) mass is 272 g/mol. The number of benzene rings is 1. The van der Waals surface area contributed by atoms with Crippen LogP contribution in [0.15, 0.2) is 30.3 Å². The molecule has 1 heterocycles. The Morgan fingerprint density at radius 1 is 1.00 bits per heavy atom. The Labute approximate surface area is 123 Å². The summed E-state index contributed by atoms with van der Waals surface area (Å²) in [5.74, 6) is 0.941. The molecule has 0 radical (unpaired) electrons. The van der Waals surface area contributed by atoms with Crippen LogP contribution >= 0.6 is 0 Å². The number of piperazine rings is 1. The van der Waals surface area contributed by atoms with Gasteiger partial charge in [-0.3, -0.25) is 9.80 Å². The van der Waals surface area contributed by atoms with E-state index in [1.807, 2.05) is 0 Å². The first-order valence-corrected chi connectivity index (χ1v) is 8.31. The van der Waals surface area contributed by atoms with Gasteiger partial charge in [0.15, 0.2) is 0 Å². The number of hydrogen-bond acceptors (Lipinski definition) is 2. The van der Waals surface area contributed by atoms with Crippen LogP contribution in [0.5, 0.6) is 0 Å². The lowest BCUT2D eigenvalue weighted by Gasteiger charge is -2.42. The molecule has 0 bridgehead atoms. The van der Waals surface area contributed by atoms with Gasteiger partial charge in [0.05, 0.1) is 0 Å². The highest BCUT2D eigenvalue weighted by atomic mass is 15.3. The Kier molecular flexibility index (Phi) is 4.74. The maximum absolute atomic E-state index is 2.76. The minimum Gasteiger partial charge on any atom is -0.298 e. The molecular formula is C18H28N2. The van der Waals surface area contributed by atoms with E-state index in [1.165, 1.54) is 57.4 Å². The minimum absolute atomic E-state index is 0.873. The van der Waals surface area contributed by atoms with Gasteiger partial charge >= 0.3 is 0 Å². The van der Waals surface area contributed by atoms with E-state index in [1.54, 1.807) is 0 Å². The largest absolute Gasteiger partial charge is 0.298 e. The van der Waals surface area contributed by atoms with Crippen molar-refractivity contribution in [3.63, 3.8) is 0 Å². The summed E-state index contributed by atoms with van der Waals surface area (Å²) < 4.78 is 0. The second-order valence-electron chi connectivity index (χ2n) is 6.72. The highest BCUT2D eigenvalue weighted by molar-refractivity contribution is 5.14. The molecule has 20 heavy (non-hydrogen) atoms. The third kappa shape index (κ3) is 3.62. The number of hydrogen-bond donors (Lipinski definition) is 0. The first-order chi connectivity index (χ1) is 9.81. The minimum atomic E-state index is 0.873. The summed E-state index contributed by atoms with van der Waals surface area (Å²) in [4.78, 5) is 5.37. The SMILES string of the molecule is C[C@H]1CCC[C@@H](N2CCN(Cc3ccccc3)CC2)C1. The molecule has 0 amide bonds. The Morgan fingerprint density at radius 3 is 2.45 bits per heavy atom. The average Bonchev–Trinajstić information content (AvgIpc) is 2.49. The lowest BCUT2D eigenvalue weighted by Crippen LogP contribution is -2.50. The molecule has 2 fully saturated rings. The summed E-state index contributed by atoms with van der Waals surface area (Å²) in [5.41, 5.74) is 1.45. The number of rotatable bonds is 3. The lowest BCUT2D eigenvalue weighted by atomic mass is 9.86. The molecular weight excluding hydrogens is 244 g/mol. The van der Waals surface area contributed by atoms with Crippen molar-refractivity contribution in [3.8, 4) is 0 Å². The van der Waals surface area contributed by atoms with E-state index in [2.05, 4.69) is 47.1 Å². The summed E-state index contributed by atoms with van der Waals surface area (Å²) in [6.45, 7) is 8.56. The van der Waals surface area contributed by atoms with Crippen LogP contribution < -0.4 is 0 Å². The van der Waals surface area contributed by atoms with E-state index in [-0.39, 0.29) is 0 Å². The molecule has 1 saturated heterocycles. The molecule has 2 atom stereocenters. The van der Waals surface area contributed by atoms with E-state index in [0.29, 0.717) is 0 Å². The lowest BCUT2D eigenvalue weighted by molar-refractivity contribution is 0.0659. The molecule has 1 aliphatic heterocycles. The Morgan fingerprint density at radius 2 is 1.75 bits per heavy atom.